The fraction of sp³-hybridized carbons (Fsp3) is 0.875. The Balaban J connectivity index is 2.38. The van der Waals surface area contributed by atoms with E-state index in [1.807, 2.05) is 13.8 Å². The van der Waals surface area contributed by atoms with Crippen LogP contribution in [0.25, 0.3) is 0 Å². The van der Waals surface area contributed by atoms with Gasteiger partial charge in [0.1, 0.15) is 6.29 Å². The Hall–Kier alpha value is -0.410. The van der Waals surface area contributed by atoms with Crippen LogP contribution in [0.5, 0.6) is 0 Å². The largest absolute Gasteiger partial charge is 0.376 e. The predicted molar refractivity (Wildman–Crippen MR) is 42.5 cm³/mol. The van der Waals surface area contributed by atoms with Crippen molar-refractivity contribution in [1.82, 2.24) is 4.90 Å². The van der Waals surface area contributed by atoms with Crippen molar-refractivity contribution in [1.29, 1.82) is 0 Å². The SMILES string of the molecule is CC1CN(C(C)C=O)CCO1. The zero-order chi connectivity index (χ0) is 8.27. The molecule has 0 amide bonds. The number of morpholine rings is 1. The van der Waals surface area contributed by atoms with Crippen LogP contribution >= 0.6 is 0 Å². The van der Waals surface area contributed by atoms with Gasteiger partial charge in [0.15, 0.2) is 0 Å². The Morgan fingerprint density at radius 3 is 3.00 bits per heavy atom. The summed E-state index contributed by atoms with van der Waals surface area (Å²) in [5.74, 6) is 0. The van der Waals surface area contributed by atoms with Crippen molar-refractivity contribution >= 4 is 6.29 Å². The molecule has 1 aliphatic rings. The van der Waals surface area contributed by atoms with Crippen LogP contribution in [-0.4, -0.2) is 43.0 Å². The van der Waals surface area contributed by atoms with Crippen LogP contribution in [0.4, 0.5) is 0 Å². The molecule has 1 heterocycles. The van der Waals surface area contributed by atoms with Gasteiger partial charge in [0, 0.05) is 13.1 Å². The Morgan fingerprint density at radius 2 is 2.45 bits per heavy atom. The third kappa shape index (κ3) is 2.27. The van der Waals surface area contributed by atoms with Crippen molar-refractivity contribution < 1.29 is 9.53 Å². The van der Waals surface area contributed by atoms with Crippen LogP contribution in [0.15, 0.2) is 0 Å². The number of ether oxygens (including phenoxy) is 1. The first-order valence-corrected chi connectivity index (χ1v) is 4.05. The Labute approximate surface area is 67.3 Å². The Kier molecular flexibility index (Phi) is 3.02. The molecule has 0 aromatic rings. The molecular formula is C8H15NO2. The molecule has 3 heteroatoms. The molecule has 1 aliphatic heterocycles. The predicted octanol–water partition coefficient (Wildman–Crippen LogP) is 0.294. The smallest absolute Gasteiger partial charge is 0.136 e. The van der Waals surface area contributed by atoms with E-state index in [4.69, 9.17) is 4.74 Å². The zero-order valence-electron chi connectivity index (χ0n) is 7.12. The minimum Gasteiger partial charge on any atom is -0.376 e. The van der Waals surface area contributed by atoms with Crippen molar-refractivity contribution in [2.45, 2.75) is 26.0 Å². The van der Waals surface area contributed by atoms with Gasteiger partial charge in [-0.2, -0.15) is 0 Å². The Bertz CT molecular complexity index is 138. The van der Waals surface area contributed by atoms with Crippen LogP contribution in [-0.2, 0) is 9.53 Å². The van der Waals surface area contributed by atoms with Crippen LogP contribution in [0.2, 0.25) is 0 Å². The molecule has 0 aliphatic carbocycles. The molecule has 64 valence electrons. The fourth-order valence-corrected chi connectivity index (χ4v) is 1.30. The normalized spacial score (nSPS) is 29.8. The van der Waals surface area contributed by atoms with Crippen molar-refractivity contribution in [3.05, 3.63) is 0 Å². The third-order valence-corrected chi connectivity index (χ3v) is 2.05. The van der Waals surface area contributed by atoms with Gasteiger partial charge in [0.25, 0.3) is 0 Å². The summed E-state index contributed by atoms with van der Waals surface area (Å²) in [6.45, 7) is 6.46. The van der Waals surface area contributed by atoms with E-state index in [1.165, 1.54) is 0 Å². The number of carbonyl (C=O) groups excluding carboxylic acids is 1. The molecule has 0 bridgehead atoms. The minimum atomic E-state index is 0.0429. The summed E-state index contributed by atoms with van der Waals surface area (Å²) in [6, 6.07) is 0.0429. The maximum Gasteiger partial charge on any atom is 0.136 e. The highest BCUT2D eigenvalue weighted by molar-refractivity contribution is 5.56. The molecule has 0 aromatic carbocycles. The molecule has 11 heavy (non-hydrogen) atoms. The summed E-state index contributed by atoms with van der Waals surface area (Å²) < 4.78 is 5.35. The van der Waals surface area contributed by atoms with Gasteiger partial charge in [0.05, 0.1) is 18.8 Å². The van der Waals surface area contributed by atoms with E-state index in [0.29, 0.717) is 0 Å². The van der Waals surface area contributed by atoms with Crippen molar-refractivity contribution in [2.24, 2.45) is 0 Å². The summed E-state index contributed by atoms with van der Waals surface area (Å²) in [7, 11) is 0. The van der Waals surface area contributed by atoms with E-state index < -0.39 is 0 Å². The van der Waals surface area contributed by atoms with Crippen LogP contribution in [0, 0.1) is 0 Å². The van der Waals surface area contributed by atoms with Crippen LogP contribution < -0.4 is 0 Å². The van der Waals surface area contributed by atoms with Crippen molar-refractivity contribution in [3.8, 4) is 0 Å². The maximum absolute atomic E-state index is 10.4. The average molecular weight is 157 g/mol. The highest BCUT2D eigenvalue weighted by Gasteiger charge is 2.20. The second-order valence-electron chi connectivity index (χ2n) is 3.05. The quantitative estimate of drug-likeness (QED) is 0.540. The number of nitrogens with zero attached hydrogens (tertiary/aromatic N) is 1. The monoisotopic (exact) mass is 157 g/mol. The number of hydrogen-bond donors (Lipinski definition) is 0. The second kappa shape index (κ2) is 3.83. The van der Waals surface area contributed by atoms with Gasteiger partial charge in [-0.1, -0.05) is 0 Å². The van der Waals surface area contributed by atoms with Gasteiger partial charge in [-0.25, -0.2) is 0 Å². The average Bonchev–Trinajstić information content (AvgIpc) is 2.03. The van der Waals surface area contributed by atoms with Gasteiger partial charge in [-0.15, -0.1) is 0 Å². The third-order valence-electron chi connectivity index (χ3n) is 2.05. The van der Waals surface area contributed by atoms with Gasteiger partial charge < -0.3 is 9.53 Å². The molecule has 1 fully saturated rings. The van der Waals surface area contributed by atoms with Crippen molar-refractivity contribution in [3.63, 3.8) is 0 Å². The first kappa shape index (κ1) is 8.68. The summed E-state index contributed by atoms with van der Waals surface area (Å²) in [4.78, 5) is 12.6. The molecule has 0 radical (unpaired) electrons. The molecule has 0 aromatic heterocycles. The van der Waals surface area contributed by atoms with Crippen molar-refractivity contribution in [2.75, 3.05) is 19.7 Å². The van der Waals surface area contributed by atoms with Crippen LogP contribution in [0.3, 0.4) is 0 Å². The lowest BCUT2D eigenvalue weighted by molar-refractivity contribution is -0.114. The number of carbonyl (C=O) groups is 1. The molecule has 1 rings (SSSR count). The summed E-state index contributed by atoms with van der Waals surface area (Å²) in [5, 5.41) is 0. The number of rotatable bonds is 2. The molecule has 0 saturated carbocycles. The topological polar surface area (TPSA) is 29.5 Å². The van der Waals surface area contributed by atoms with E-state index in [1.54, 1.807) is 0 Å². The summed E-state index contributed by atoms with van der Waals surface area (Å²) in [6.07, 6.45) is 1.25. The maximum atomic E-state index is 10.4. The van der Waals surface area contributed by atoms with Gasteiger partial charge in [-0.05, 0) is 13.8 Å². The second-order valence-corrected chi connectivity index (χ2v) is 3.05. The lowest BCUT2D eigenvalue weighted by Gasteiger charge is -2.33. The van der Waals surface area contributed by atoms with E-state index >= 15 is 0 Å². The molecule has 2 unspecified atom stereocenters. The molecule has 1 saturated heterocycles. The number of aldehydes is 1. The fourth-order valence-electron chi connectivity index (χ4n) is 1.30. The number of hydrogen-bond acceptors (Lipinski definition) is 3. The Morgan fingerprint density at radius 1 is 1.73 bits per heavy atom. The van der Waals surface area contributed by atoms with Gasteiger partial charge >= 0.3 is 0 Å². The lowest BCUT2D eigenvalue weighted by atomic mass is 10.2. The molecule has 0 spiro atoms. The molecule has 3 nitrogen and oxygen atoms in total. The van der Waals surface area contributed by atoms with Gasteiger partial charge in [0.2, 0.25) is 0 Å². The first-order valence-electron chi connectivity index (χ1n) is 4.05. The van der Waals surface area contributed by atoms with E-state index in [-0.39, 0.29) is 12.1 Å². The summed E-state index contributed by atoms with van der Waals surface area (Å²) in [5.41, 5.74) is 0. The molecular weight excluding hydrogens is 142 g/mol. The minimum absolute atomic E-state index is 0.0429. The van der Waals surface area contributed by atoms with E-state index in [0.717, 1.165) is 26.0 Å². The van der Waals surface area contributed by atoms with Gasteiger partial charge in [-0.3, -0.25) is 4.90 Å². The standard InChI is InChI=1S/C8H15NO2/c1-7(6-10)9-3-4-11-8(2)5-9/h6-8H,3-5H2,1-2H3. The first-order chi connectivity index (χ1) is 5.24. The molecule has 0 N–H and O–H groups in total. The lowest BCUT2D eigenvalue weighted by Crippen LogP contribution is -2.46. The van der Waals surface area contributed by atoms with E-state index in [9.17, 15) is 4.79 Å². The molecule has 2 atom stereocenters. The van der Waals surface area contributed by atoms with E-state index in [2.05, 4.69) is 4.90 Å². The highest BCUT2D eigenvalue weighted by atomic mass is 16.5. The highest BCUT2D eigenvalue weighted by Crippen LogP contribution is 2.06. The zero-order valence-corrected chi connectivity index (χ0v) is 7.12. The van der Waals surface area contributed by atoms with Crippen LogP contribution in [0.1, 0.15) is 13.8 Å². The summed E-state index contributed by atoms with van der Waals surface area (Å²) >= 11 is 0.